The normalized spacial score (nSPS) is 10.1. The molecule has 0 aliphatic rings. The van der Waals surface area contributed by atoms with Crippen molar-refractivity contribution in [3.8, 4) is 0 Å². The third kappa shape index (κ3) is 1.65. The zero-order valence-electron chi connectivity index (χ0n) is 8.08. The Morgan fingerprint density at radius 3 is 1.33 bits per heavy atom. The minimum absolute atomic E-state index is 0. The number of rotatable bonds is 0. The first-order valence-corrected chi connectivity index (χ1v) is 4.82. The summed E-state index contributed by atoms with van der Waals surface area (Å²) < 4.78 is 0. The molecule has 15 heavy (non-hydrogen) atoms. The maximum atomic E-state index is 2.18. The zero-order chi connectivity index (χ0) is 9.38. The van der Waals surface area contributed by atoms with Crippen LogP contribution in [-0.4, -0.2) is 0 Å². The van der Waals surface area contributed by atoms with Crippen molar-refractivity contribution in [3.05, 3.63) is 60.7 Å². The Morgan fingerprint density at radius 2 is 0.867 bits per heavy atom. The van der Waals surface area contributed by atoms with Crippen molar-refractivity contribution in [3.63, 3.8) is 0 Å². The van der Waals surface area contributed by atoms with Crippen LogP contribution in [0.4, 0.5) is 0 Å². The van der Waals surface area contributed by atoms with Crippen LogP contribution < -0.4 is 0 Å². The number of hydrogen-bond donors (Lipinski definition) is 0. The molecule has 0 aromatic heterocycles. The minimum atomic E-state index is 0. The fraction of sp³-hybridized carbons (Fsp3) is 0. The van der Waals surface area contributed by atoms with Gasteiger partial charge >= 0.3 is 0 Å². The first-order valence-electron chi connectivity index (χ1n) is 4.82. The molecule has 0 unspecified atom stereocenters. The van der Waals surface area contributed by atoms with E-state index in [0.717, 1.165) is 0 Å². The predicted octanol–water partition coefficient (Wildman–Crippen LogP) is 3.99. The molecular formula is C14H10Cu. The summed E-state index contributed by atoms with van der Waals surface area (Å²) in [5.41, 5.74) is 0. The summed E-state index contributed by atoms with van der Waals surface area (Å²) in [6, 6.07) is 21.4. The van der Waals surface area contributed by atoms with Crippen LogP contribution in [0.5, 0.6) is 0 Å². The van der Waals surface area contributed by atoms with Gasteiger partial charge in [-0.05, 0) is 21.5 Å². The molecule has 0 nitrogen and oxygen atoms in total. The molecule has 0 atom stereocenters. The van der Waals surface area contributed by atoms with Crippen LogP contribution in [-0.2, 0) is 17.1 Å². The molecule has 1 heteroatoms. The molecule has 0 saturated heterocycles. The molecule has 3 rings (SSSR count). The van der Waals surface area contributed by atoms with E-state index in [1.54, 1.807) is 0 Å². The van der Waals surface area contributed by atoms with E-state index in [1.807, 2.05) is 0 Å². The molecule has 0 spiro atoms. The zero-order valence-corrected chi connectivity index (χ0v) is 9.02. The largest absolute Gasteiger partial charge is 0.0616 e. The summed E-state index contributed by atoms with van der Waals surface area (Å²) in [5.74, 6) is 0. The van der Waals surface area contributed by atoms with Crippen LogP contribution in [0.2, 0.25) is 0 Å². The van der Waals surface area contributed by atoms with Gasteiger partial charge in [-0.1, -0.05) is 60.7 Å². The van der Waals surface area contributed by atoms with Gasteiger partial charge in [0.1, 0.15) is 0 Å². The molecule has 0 bridgehead atoms. The van der Waals surface area contributed by atoms with Crippen LogP contribution in [0, 0.1) is 0 Å². The minimum Gasteiger partial charge on any atom is -0.0616 e. The molecule has 0 heterocycles. The van der Waals surface area contributed by atoms with Crippen LogP contribution in [0.3, 0.4) is 0 Å². The Labute approximate surface area is 99.4 Å². The molecule has 3 aromatic carbocycles. The second-order valence-corrected chi connectivity index (χ2v) is 3.51. The molecule has 0 amide bonds. The summed E-state index contributed by atoms with van der Waals surface area (Å²) in [6.45, 7) is 0. The van der Waals surface area contributed by atoms with Crippen molar-refractivity contribution in [2.45, 2.75) is 0 Å². The van der Waals surface area contributed by atoms with E-state index in [9.17, 15) is 0 Å². The SMILES string of the molecule is [Cu].c1ccc2c(c1)ccc1ccccc12. The van der Waals surface area contributed by atoms with Crippen molar-refractivity contribution in [2.24, 2.45) is 0 Å². The molecule has 3 aromatic rings. The maximum absolute atomic E-state index is 2.18. The first-order chi connectivity index (χ1) is 6.95. The monoisotopic (exact) mass is 241 g/mol. The molecular weight excluding hydrogens is 232 g/mol. The second kappa shape index (κ2) is 4.06. The molecule has 0 N–H and O–H groups in total. The third-order valence-electron chi connectivity index (χ3n) is 2.65. The van der Waals surface area contributed by atoms with Gasteiger partial charge in [-0.3, -0.25) is 0 Å². The van der Waals surface area contributed by atoms with E-state index in [4.69, 9.17) is 0 Å². The van der Waals surface area contributed by atoms with Crippen molar-refractivity contribution in [1.82, 2.24) is 0 Å². The molecule has 77 valence electrons. The quantitative estimate of drug-likeness (QED) is 0.412. The summed E-state index contributed by atoms with van der Waals surface area (Å²) in [5, 5.41) is 5.30. The Bertz CT molecular complexity index is 544. The van der Waals surface area contributed by atoms with Crippen LogP contribution >= 0.6 is 0 Å². The van der Waals surface area contributed by atoms with Gasteiger partial charge in [-0.15, -0.1) is 0 Å². The van der Waals surface area contributed by atoms with E-state index in [-0.39, 0.29) is 17.1 Å². The Hall–Kier alpha value is -1.30. The maximum Gasteiger partial charge on any atom is 0 e. The summed E-state index contributed by atoms with van der Waals surface area (Å²) in [7, 11) is 0. The topological polar surface area (TPSA) is 0 Å². The van der Waals surface area contributed by atoms with Crippen molar-refractivity contribution < 1.29 is 17.1 Å². The van der Waals surface area contributed by atoms with Crippen molar-refractivity contribution >= 4 is 21.5 Å². The summed E-state index contributed by atoms with van der Waals surface area (Å²) >= 11 is 0. The van der Waals surface area contributed by atoms with E-state index >= 15 is 0 Å². The molecule has 0 aliphatic carbocycles. The Morgan fingerprint density at radius 1 is 0.467 bits per heavy atom. The Balaban J connectivity index is 0.000000853. The van der Waals surface area contributed by atoms with Gasteiger partial charge in [-0.2, -0.15) is 0 Å². The van der Waals surface area contributed by atoms with Gasteiger partial charge < -0.3 is 0 Å². The summed E-state index contributed by atoms with van der Waals surface area (Å²) in [6.07, 6.45) is 0. The van der Waals surface area contributed by atoms with E-state index < -0.39 is 0 Å². The van der Waals surface area contributed by atoms with Crippen LogP contribution in [0.15, 0.2) is 60.7 Å². The van der Waals surface area contributed by atoms with Gasteiger partial charge in [-0.25, -0.2) is 0 Å². The number of benzene rings is 3. The standard InChI is InChI=1S/C14H10.Cu/c1-3-7-13-11(5-1)9-10-12-6-2-4-8-14(12)13;/h1-10H;. The smallest absolute Gasteiger partial charge is 0 e. The molecule has 0 aliphatic heterocycles. The Kier molecular flexibility index (Phi) is 2.77. The molecule has 0 saturated carbocycles. The third-order valence-corrected chi connectivity index (χ3v) is 2.65. The first kappa shape index (κ1) is 10.2. The van der Waals surface area contributed by atoms with Gasteiger partial charge in [0.15, 0.2) is 0 Å². The fourth-order valence-electron chi connectivity index (χ4n) is 1.95. The molecule has 0 fully saturated rings. The van der Waals surface area contributed by atoms with Crippen molar-refractivity contribution in [2.75, 3.05) is 0 Å². The van der Waals surface area contributed by atoms with E-state index in [2.05, 4.69) is 60.7 Å². The second-order valence-electron chi connectivity index (χ2n) is 3.51. The predicted molar refractivity (Wildman–Crippen MR) is 61.5 cm³/mol. The van der Waals surface area contributed by atoms with E-state index in [0.29, 0.717) is 0 Å². The van der Waals surface area contributed by atoms with E-state index in [1.165, 1.54) is 21.5 Å². The van der Waals surface area contributed by atoms with Gasteiger partial charge in [0.2, 0.25) is 0 Å². The number of fused-ring (bicyclic) bond motifs is 3. The average Bonchev–Trinajstić information content (AvgIpc) is 2.29. The fourth-order valence-corrected chi connectivity index (χ4v) is 1.95. The van der Waals surface area contributed by atoms with Crippen LogP contribution in [0.1, 0.15) is 0 Å². The molecule has 1 radical (unpaired) electrons. The van der Waals surface area contributed by atoms with Crippen molar-refractivity contribution in [1.29, 1.82) is 0 Å². The van der Waals surface area contributed by atoms with Gasteiger partial charge in [0.25, 0.3) is 0 Å². The van der Waals surface area contributed by atoms with Gasteiger partial charge in [0, 0.05) is 17.1 Å². The summed E-state index contributed by atoms with van der Waals surface area (Å²) in [4.78, 5) is 0. The van der Waals surface area contributed by atoms with Crippen LogP contribution in [0.25, 0.3) is 21.5 Å². The average molecular weight is 242 g/mol. The van der Waals surface area contributed by atoms with Gasteiger partial charge in [0.05, 0.1) is 0 Å². The number of hydrogen-bond acceptors (Lipinski definition) is 0.